The van der Waals surface area contributed by atoms with E-state index >= 15 is 0 Å². The summed E-state index contributed by atoms with van der Waals surface area (Å²) in [4.78, 5) is 4.63. The van der Waals surface area contributed by atoms with Crippen molar-refractivity contribution in [3.8, 4) is 5.69 Å². The first-order valence-corrected chi connectivity index (χ1v) is 6.47. The van der Waals surface area contributed by atoms with Gasteiger partial charge in [0.1, 0.15) is 11.3 Å². The maximum absolute atomic E-state index is 6.26. The molecule has 0 bridgehead atoms. The Morgan fingerprint density at radius 1 is 1.32 bits per heavy atom. The van der Waals surface area contributed by atoms with Crippen LogP contribution >= 0.6 is 11.6 Å². The monoisotopic (exact) mass is 278 g/mol. The molecule has 6 nitrogen and oxygen atoms in total. The summed E-state index contributed by atoms with van der Waals surface area (Å²) in [6.45, 7) is 3.87. The normalized spacial score (nSPS) is 13.3. The van der Waals surface area contributed by atoms with Crippen molar-refractivity contribution in [1.82, 2.24) is 29.1 Å². The Hall–Kier alpha value is -1.82. The first-order valence-electron chi connectivity index (χ1n) is 6.04. The lowest BCUT2D eigenvalue weighted by Gasteiger charge is -2.08. The molecule has 0 aliphatic carbocycles. The predicted octanol–water partition coefficient (Wildman–Crippen LogP) is 2.10. The average molecular weight is 279 g/mol. The van der Waals surface area contributed by atoms with Crippen LogP contribution < -0.4 is 0 Å². The molecule has 3 aromatic heterocycles. The largest absolute Gasteiger partial charge is 0.276 e. The van der Waals surface area contributed by atoms with Crippen LogP contribution in [0.25, 0.3) is 16.9 Å². The minimum Gasteiger partial charge on any atom is -0.276 e. The van der Waals surface area contributed by atoms with Crippen molar-refractivity contribution in [3.05, 3.63) is 23.9 Å². The van der Waals surface area contributed by atoms with Crippen molar-refractivity contribution in [2.24, 2.45) is 14.1 Å². The summed E-state index contributed by atoms with van der Waals surface area (Å²) in [7, 11) is 3.79. The molecule has 19 heavy (non-hydrogen) atoms. The molecule has 0 saturated carbocycles. The minimum absolute atomic E-state index is 0.188. The van der Waals surface area contributed by atoms with Gasteiger partial charge < -0.3 is 0 Å². The number of aromatic nitrogens is 6. The zero-order valence-corrected chi connectivity index (χ0v) is 12.0. The lowest BCUT2D eigenvalue weighted by Crippen LogP contribution is -2.05. The van der Waals surface area contributed by atoms with E-state index in [1.165, 1.54) is 0 Å². The maximum Gasteiger partial charge on any atom is 0.163 e. The van der Waals surface area contributed by atoms with Gasteiger partial charge in [0.2, 0.25) is 0 Å². The highest BCUT2D eigenvalue weighted by Crippen LogP contribution is 2.28. The van der Waals surface area contributed by atoms with Crippen LogP contribution in [0.1, 0.15) is 23.8 Å². The third-order valence-electron chi connectivity index (χ3n) is 3.13. The average Bonchev–Trinajstić information content (AvgIpc) is 2.96. The van der Waals surface area contributed by atoms with E-state index in [-0.39, 0.29) is 5.38 Å². The van der Waals surface area contributed by atoms with Gasteiger partial charge >= 0.3 is 0 Å². The topological polar surface area (TPSA) is 53.5 Å². The van der Waals surface area contributed by atoms with E-state index in [1.54, 1.807) is 10.9 Å². The fourth-order valence-electron chi connectivity index (χ4n) is 2.33. The molecule has 0 fully saturated rings. The quantitative estimate of drug-likeness (QED) is 0.675. The summed E-state index contributed by atoms with van der Waals surface area (Å²) >= 11 is 6.26. The van der Waals surface area contributed by atoms with Gasteiger partial charge in [0.15, 0.2) is 5.65 Å². The second-order valence-corrected chi connectivity index (χ2v) is 5.33. The molecule has 1 atom stereocenters. The Morgan fingerprint density at radius 2 is 2.05 bits per heavy atom. The predicted molar refractivity (Wildman–Crippen MR) is 73.6 cm³/mol. The van der Waals surface area contributed by atoms with Gasteiger partial charge in [-0.3, -0.25) is 9.25 Å². The molecule has 0 spiro atoms. The second-order valence-electron chi connectivity index (χ2n) is 4.67. The van der Waals surface area contributed by atoms with Crippen molar-refractivity contribution in [1.29, 1.82) is 0 Å². The van der Waals surface area contributed by atoms with E-state index in [4.69, 9.17) is 11.6 Å². The van der Waals surface area contributed by atoms with Crippen LogP contribution in [0.2, 0.25) is 0 Å². The number of rotatable bonds is 2. The fourth-order valence-corrected chi connectivity index (χ4v) is 2.48. The standard InChI is InChI=1S/C12H15ClN6/c1-7(13)11-15-10-8(2)16-18(4)12(10)19(11)9-5-14-17(3)6-9/h5-7H,1-4H3. The molecule has 3 aromatic rings. The molecule has 3 rings (SSSR count). The first kappa shape index (κ1) is 12.2. The van der Waals surface area contributed by atoms with Gasteiger partial charge in [0.05, 0.1) is 23.0 Å². The Bertz CT molecular complexity index is 748. The molecule has 0 N–H and O–H groups in total. The molecule has 0 radical (unpaired) electrons. The van der Waals surface area contributed by atoms with E-state index < -0.39 is 0 Å². The molecular weight excluding hydrogens is 264 g/mol. The van der Waals surface area contributed by atoms with Gasteiger partial charge in [-0.15, -0.1) is 11.6 Å². The van der Waals surface area contributed by atoms with Gasteiger partial charge in [-0.05, 0) is 13.8 Å². The Balaban J connectivity index is 2.39. The van der Waals surface area contributed by atoms with Crippen LogP contribution in [0.5, 0.6) is 0 Å². The van der Waals surface area contributed by atoms with Crippen LogP contribution in [0.3, 0.4) is 0 Å². The zero-order chi connectivity index (χ0) is 13.7. The Morgan fingerprint density at radius 3 is 2.63 bits per heavy atom. The second kappa shape index (κ2) is 4.09. The lowest BCUT2D eigenvalue weighted by molar-refractivity contribution is 0.746. The molecule has 0 aliphatic heterocycles. The summed E-state index contributed by atoms with van der Waals surface area (Å²) in [6.07, 6.45) is 3.73. The van der Waals surface area contributed by atoms with E-state index in [0.717, 1.165) is 28.4 Å². The number of halogens is 1. The molecular formula is C12H15ClN6. The number of aryl methyl sites for hydroxylation is 3. The van der Waals surface area contributed by atoms with Crippen molar-refractivity contribution in [3.63, 3.8) is 0 Å². The van der Waals surface area contributed by atoms with Gasteiger partial charge in [-0.25, -0.2) is 9.67 Å². The highest BCUT2D eigenvalue weighted by atomic mass is 35.5. The third-order valence-corrected chi connectivity index (χ3v) is 3.33. The molecule has 3 heterocycles. The zero-order valence-electron chi connectivity index (χ0n) is 11.3. The van der Waals surface area contributed by atoms with Crippen LogP contribution in [0.15, 0.2) is 12.4 Å². The number of nitrogens with zero attached hydrogens (tertiary/aromatic N) is 6. The van der Waals surface area contributed by atoms with Crippen LogP contribution in [-0.4, -0.2) is 29.1 Å². The SMILES string of the molecule is Cc1nn(C)c2c1nc(C(C)Cl)n2-c1cnn(C)c1. The van der Waals surface area contributed by atoms with Gasteiger partial charge in [0, 0.05) is 20.3 Å². The minimum atomic E-state index is -0.188. The van der Waals surface area contributed by atoms with Gasteiger partial charge in [-0.1, -0.05) is 0 Å². The van der Waals surface area contributed by atoms with Gasteiger partial charge in [0.25, 0.3) is 0 Å². The summed E-state index contributed by atoms with van der Waals surface area (Å²) in [5.74, 6) is 0.806. The van der Waals surface area contributed by atoms with Crippen LogP contribution in [0, 0.1) is 6.92 Å². The van der Waals surface area contributed by atoms with Crippen molar-refractivity contribution < 1.29 is 0 Å². The highest BCUT2D eigenvalue weighted by Gasteiger charge is 2.21. The molecule has 0 aliphatic rings. The summed E-state index contributed by atoms with van der Waals surface area (Å²) in [6, 6.07) is 0. The van der Waals surface area contributed by atoms with Gasteiger partial charge in [-0.2, -0.15) is 10.2 Å². The Kier molecular flexibility index (Phi) is 2.63. The first-order chi connectivity index (χ1) is 8.99. The highest BCUT2D eigenvalue weighted by molar-refractivity contribution is 6.20. The van der Waals surface area contributed by atoms with E-state index in [1.807, 2.05) is 43.4 Å². The molecule has 100 valence electrons. The molecule has 7 heteroatoms. The third kappa shape index (κ3) is 1.74. The van der Waals surface area contributed by atoms with Crippen molar-refractivity contribution in [2.75, 3.05) is 0 Å². The molecule has 0 aromatic carbocycles. The van der Waals surface area contributed by atoms with Crippen LogP contribution in [0.4, 0.5) is 0 Å². The fraction of sp³-hybridized carbons (Fsp3) is 0.417. The number of alkyl halides is 1. The Labute approximate surface area is 115 Å². The summed E-state index contributed by atoms with van der Waals surface area (Å²) in [5, 5.41) is 8.43. The summed E-state index contributed by atoms with van der Waals surface area (Å²) < 4.78 is 5.60. The number of fused-ring (bicyclic) bond motifs is 1. The maximum atomic E-state index is 6.26. The number of hydrogen-bond acceptors (Lipinski definition) is 3. The smallest absolute Gasteiger partial charge is 0.163 e. The van der Waals surface area contributed by atoms with E-state index in [9.17, 15) is 0 Å². The van der Waals surface area contributed by atoms with E-state index in [2.05, 4.69) is 15.2 Å². The lowest BCUT2D eigenvalue weighted by atomic mass is 10.4. The van der Waals surface area contributed by atoms with E-state index in [0.29, 0.717) is 0 Å². The van der Waals surface area contributed by atoms with Crippen molar-refractivity contribution >= 4 is 22.8 Å². The summed E-state index contributed by atoms with van der Waals surface area (Å²) in [5.41, 5.74) is 3.66. The van der Waals surface area contributed by atoms with Crippen molar-refractivity contribution in [2.45, 2.75) is 19.2 Å². The molecule has 0 amide bonds. The molecule has 1 unspecified atom stereocenters. The van der Waals surface area contributed by atoms with Crippen LogP contribution in [-0.2, 0) is 14.1 Å². The molecule has 0 saturated heterocycles. The number of imidazole rings is 1. The number of hydrogen-bond donors (Lipinski definition) is 0.